The van der Waals surface area contributed by atoms with E-state index in [4.69, 9.17) is 5.73 Å². The van der Waals surface area contributed by atoms with Crippen LogP contribution >= 0.6 is 23.1 Å². The van der Waals surface area contributed by atoms with Crippen LogP contribution in [0.2, 0.25) is 0 Å². The zero-order chi connectivity index (χ0) is 8.97. The topological polar surface area (TPSA) is 55.0 Å². The van der Waals surface area contributed by atoms with Crippen molar-refractivity contribution in [3.05, 3.63) is 0 Å². The number of aromatic nitrogens is 2. The van der Waals surface area contributed by atoms with Gasteiger partial charge in [-0.05, 0) is 0 Å². The van der Waals surface area contributed by atoms with Crippen molar-refractivity contribution >= 4 is 28.2 Å². The first-order valence-electron chi connectivity index (χ1n) is 3.57. The number of hydrogen-bond acceptors (Lipinski definition) is 6. The lowest BCUT2D eigenvalue weighted by Crippen LogP contribution is -2.07. The lowest BCUT2D eigenvalue weighted by molar-refractivity contribution is 0.972. The molecule has 0 fully saturated rings. The van der Waals surface area contributed by atoms with Gasteiger partial charge in [-0.15, -0.1) is 10.2 Å². The molecule has 0 aliphatic heterocycles. The molecule has 0 saturated carbocycles. The number of thioether (sulfide) groups is 1. The van der Waals surface area contributed by atoms with E-state index in [-0.39, 0.29) is 0 Å². The molecule has 68 valence electrons. The summed E-state index contributed by atoms with van der Waals surface area (Å²) in [6.45, 7) is 0.682. The van der Waals surface area contributed by atoms with E-state index in [0.29, 0.717) is 6.54 Å². The molecule has 1 aromatic heterocycles. The Balaban J connectivity index is 2.52. The summed E-state index contributed by atoms with van der Waals surface area (Å²) >= 11 is 3.24. The predicted octanol–water partition coefficient (Wildman–Crippen LogP) is 0.655. The van der Waals surface area contributed by atoms with Gasteiger partial charge in [-0.1, -0.05) is 23.1 Å². The van der Waals surface area contributed by atoms with Crippen LogP contribution in [-0.2, 0) is 0 Å². The second-order valence-electron chi connectivity index (χ2n) is 2.38. The molecular weight excluding hydrogens is 192 g/mol. The van der Waals surface area contributed by atoms with E-state index in [1.165, 1.54) is 0 Å². The minimum atomic E-state index is 0.682. The third kappa shape index (κ3) is 2.62. The van der Waals surface area contributed by atoms with Crippen molar-refractivity contribution in [2.24, 2.45) is 5.73 Å². The van der Waals surface area contributed by atoms with E-state index in [2.05, 4.69) is 10.2 Å². The first-order chi connectivity index (χ1) is 5.74. The van der Waals surface area contributed by atoms with Crippen molar-refractivity contribution in [3.63, 3.8) is 0 Å². The summed E-state index contributed by atoms with van der Waals surface area (Å²) in [5, 5.41) is 8.95. The Morgan fingerprint density at radius 1 is 1.50 bits per heavy atom. The van der Waals surface area contributed by atoms with E-state index in [9.17, 15) is 0 Å². The molecule has 0 amide bonds. The molecule has 0 aromatic carbocycles. The van der Waals surface area contributed by atoms with Crippen molar-refractivity contribution in [1.29, 1.82) is 0 Å². The van der Waals surface area contributed by atoms with Crippen LogP contribution in [0.25, 0.3) is 0 Å². The molecule has 0 atom stereocenters. The smallest absolute Gasteiger partial charge is 0.208 e. The van der Waals surface area contributed by atoms with Gasteiger partial charge in [0, 0.05) is 26.4 Å². The van der Waals surface area contributed by atoms with Gasteiger partial charge in [-0.2, -0.15) is 0 Å². The molecule has 4 nitrogen and oxygen atoms in total. The SMILES string of the molecule is CN(C)c1nnc(SCCN)s1. The van der Waals surface area contributed by atoms with E-state index >= 15 is 0 Å². The van der Waals surface area contributed by atoms with E-state index in [0.717, 1.165) is 15.2 Å². The number of rotatable bonds is 4. The Morgan fingerprint density at radius 2 is 2.25 bits per heavy atom. The minimum absolute atomic E-state index is 0.682. The van der Waals surface area contributed by atoms with Crippen LogP contribution in [0.1, 0.15) is 0 Å². The molecule has 1 rings (SSSR count). The monoisotopic (exact) mass is 204 g/mol. The first-order valence-corrected chi connectivity index (χ1v) is 5.38. The van der Waals surface area contributed by atoms with Crippen LogP contribution in [0.3, 0.4) is 0 Å². The molecule has 6 heteroatoms. The van der Waals surface area contributed by atoms with Crippen LogP contribution in [0.4, 0.5) is 5.13 Å². The third-order valence-corrected chi connectivity index (χ3v) is 3.38. The Hall–Kier alpha value is -0.330. The van der Waals surface area contributed by atoms with Gasteiger partial charge in [-0.3, -0.25) is 0 Å². The second-order valence-corrected chi connectivity index (χ2v) is 4.68. The Labute approximate surface area is 80.2 Å². The van der Waals surface area contributed by atoms with Crippen molar-refractivity contribution in [3.8, 4) is 0 Å². The van der Waals surface area contributed by atoms with Crippen LogP contribution in [-0.4, -0.2) is 36.6 Å². The van der Waals surface area contributed by atoms with Gasteiger partial charge in [0.2, 0.25) is 5.13 Å². The van der Waals surface area contributed by atoms with Gasteiger partial charge in [-0.25, -0.2) is 0 Å². The van der Waals surface area contributed by atoms with Crippen molar-refractivity contribution in [2.75, 3.05) is 31.3 Å². The normalized spacial score (nSPS) is 10.2. The molecule has 2 N–H and O–H groups in total. The number of anilines is 1. The Bertz CT molecular complexity index is 235. The van der Waals surface area contributed by atoms with Crippen LogP contribution in [0, 0.1) is 0 Å². The van der Waals surface area contributed by atoms with Crippen molar-refractivity contribution < 1.29 is 0 Å². The molecule has 0 aliphatic rings. The number of nitrogens with two attached hydrogens (primary N) is 1. The lowest BCUT2D eigenvalue weighted by atomic mass is 10.8. The maximum absolute atomic E-state index is 5.37. The summed E-state index contributed by atoms with van der Waals surface area (Å²) in [6, 6.07) is 0. The van der Waals surface area contributed by atoms with Gasteiger partial charge in [0.1, 0.15) is 0 Å². The molecule has 1 aromatic rings. The standard InChI is InChI=1S/C6H12N4S2/c1-10(2)5-8-9-6(12-5)11-4-3-7/h3-4,7H2,1-2H3. The second kappa shape index (κ2) is 4.64. The van der Waals surface area contributed by atoms with E-state index < -0.39 is 0 Å². The van der Waals surface area contributed by atoms with Gasteiger partial charge >= 0.3 is 0 Å². The highest BCUT2D eigenvalue weighted by Gasteiger charge is 2.04. The Kier molecular flexibility index (Phi) is 3.77. The minimum Gasteiger partial charge on any atom is -0.353 e. The molecule has 1 heterocycles. The summed E-state index contributed by atoms with van der Waals surface area (Å²) in [7, 11) is 3.91. The molecule has 12 heavy (non-hydrogen) atoms. The third-order valence-electron chi connectivity index (χ3n) is 1.12. The predicted molar refractivity (Wildman–Crippen MR) is 54.0 cm³/mol. The maximum Gasteiger partial charge on any atom is 0.208 e. The van der Waals surface area contributed by atoms with Crippen LogP contribution in [0.5, 0.6) is 0 Å². The summed E-state index contributed by atoms with van der Waals surface area (Å²) in [5.41, 5.74) is 5.37. The molecule has 0 unspecified atom stereocenters. The average Bonchev–Trinajstić information content (AvgIpc) is 2.48. The highest BCUT2D eigenvalue weighted by atomic mass is 32.2. The largest absolute Gasteiger partial charge is 0.353 e. The quantitative estimate of drug-likeness (QED) is 0.730. The van der Waals surface area contributed by atoms with Crippen LogP contribution < -0.4 is 10.6 Å². The van der Waals surface area contributed by atoms with Gasteiger partial charge in [0.05, 0.1) is 0 Å². The highest BCUT2D eigenvalue weighted by molar-refractivity contribution is 8.01. The zero-order valence-corrected chi connectivity index (χ0v) is 8.78. The number of hydrogen-bond donors (Lipinski definition) is 1. The molecule has 0 saturated heterocycles. The lowest BCUT2D eigenvalue weighted by Gasteiger charge is -2.03. The van der Waals surface area contributed by atoms with E-state index in [1.54, 1.807) is 23.1 Å². The fourth-order valence-electron chi connectivity index (χ4n) is 0.588. The summed E-state index contributed by atoms with van der Waals surface area (Å²) < 4.78 is 0.990. The molecule has 0 bridgehead atoms. The first kappa shape index (κ1) is 9.76. The fourth-order valence-corrected chi connectivity index (χ4v) is 2.19. The molecule has 0 radical (unpaired) electrons. The summed E-state index contributed by atoms with van der Waals surface area (Å²) in [4.78, 5) is 1.95. The van der Waals surface area contributed by atoms with Crippen LogP contribution in [0.15, 0.2) is 4.34 Å². The fraction of sp³-hybridized carbons (Fsp3) is 0.667. The zero-order valence-electron chi connectivity index (χ0n) is 7.15. The van der Waals surface area contributed by atoms with Gasteiger partial charge < -0.3 is 10.6 Å². The maximum atomic E-state index is 5.37. The highest BCUT2D eigenvalue weighted by Crippen LogP contribution is 2.25. The van der Waals surface area contributed by atoms with Crippen molar-refractivity contribution in [2.45, 2.75) is 4.34 Å². The van der Waals surface area contributed by atoms with Gasteiger partial charge in [0.15, 0.2) is 4.34 Å². The van der Waals surface area contributed by atoms with E-state index in [1.807, 2.05) is 19.0 Å². The Morgan fingerprint density at radius 3 is 2.75 bits per heavy atom. The number of nitrogens with zero attached hydrogens (tertiary/aromatic N) is 3. The summed E-state index contributed by atoms with van der Waals surface area (Å²) in [6.07, 6.45) is 0. The van der Waals surface area contributed by atoms with Gasteiger partial charge in [0.25, 0.3) is 0 Å². The average molecular weight is 204 g/mol. The molecule has 0 spiro atoms. The van der Waals surface area contributed by atoms with Crippen molar-refractivity contribution in [1.82, 2.24) is 10.2 Å². The molecular formula is C6H12N4S2. The summed E-state index contributed by atoms with van der Waals surface area (Å²) in [5.74, 6) is 0.905. The molecule has 0 aliphatic carbocycles.